The Labute approximate surface area is 239 Å². The summed E-state index contributed by atoms with van der Waals surface area (Å²) in [6.45, 7) is 5.35. The normalized spacial score (nSPS) is 15.8. The summed E-state index contributed by atoms with van der Waals surface area (Å²) in [4.78, 5) is 19.6. The Balaban J connectivity index is 3.71. The van der Waals surface area contributed by atoms with Crippen LogP contribution in [0, 0.1) is 0 Å². The molecule has 2 unspecified atom stereocenters. The van der Waals surface area contributed by atoms with E-state index >= 15 is 0 Å². The maximum Gasteiger partial charge on any atom is 0.472 e. The van der Waals surface area contributed by atoms with Crippen LogP contribution in [-0.2, 0) is 27.2 Å². The smallest absolute Gasteiger partial charge is 0.329 e. The molecular formula is C27H62N2O8P2+2. The van der Waals surface area contributed by atoms with Crippen LogP contribution in [0.2, 0.25) is 0 Å². The number of rotatable bonds is 28. The minimum absolute atomic E-state index is 0.190. The second kappa shape index (κ2) is 21.8. The van der Waals surface area contributed by atoms with Crippen molar-refractivity contribution >= 4 is 15.6 Å². The third-order valence-electron chi connectivity index (χ3n) is 6.63. The molecule has 0 aromatic rings. The van der Waals surface area contributed by atoms with Crippen molar-refractivity contribution in [3.63, 3.8) is 0 Å². The number of phosphoric acid groups is 2. The first kappa shape index (κ1) is 39.1. The van der Waals surface area contributed by atoms with E-state index in [-0.39, 0.29) is 26.4 Å². The topological polar surface area (TPSA) is 112 Å². The fourth-order valence-electron chi connectivity index (χ4n) is 3.96. The minimum Gasteiger partial charge on any atom is -0.329 e. The van der Waals surface area contributed by atoms with E-state index in [0.717, 1.165) is 75.2 Å². The van der Waals surface area contributed by atoms with Gasteiger partial charge < -0.3 is 18.8 Å². The second-order valence-corrected chi connectivity index (χ2v) is 15.2. The summed E-state index contributed by atoms with van der Waals surface area (Å²) in [7, 11) is 2.27. The molecule has 0 amide bonds. The molecule has 0 heterocycles. The lowest BCUT2D eigenvalue weighted by Crippen LogP contribution is -2.42. The van der Waals surface area contributed by atoms with Crippen molar-refractivity contribution in [2.45, 2.75) is 96.8 Å². The van der Waals surface area contributed by atoms with Crippen LogP contribution in [-0.4, -0.2) is 100 Å². The summed E-state index contributed by atoms with van der Waals surface area (Å²) >= 11 is 0. The van der Waals surface area contributed by atoms with Crippen molar-refractivity contribution in [3.05, 3.63) is 0 Å². The lowest BCUT2D eigenvalue weighted by molar-refractivity contribution is -0.890. The number of hydrogen-bond acceptors (Lipinski definition) is 6. The number of hydrogen-bond donors (Lipinski definition) is 2. The molecule has 0 aromatic carbocycles. The van der Waals surface area contributed by atoms with Gasteiger partial charge >= 0.3 is 15.6 Å². The molecule has 0 aromatic heterocycles. The number of nitrogens with zero attached hydrogens (tertiary/aromatic N) is 2. The molecule has 0 aliphatic carbocycles. The second-order valence-electron chi connectivity index (χ2n) is 12.3. The Kier molecular flexibility index (Phi) is 21.9. The van der Waals surface area contributed by atoms with E-state index in [9.17, 15) is 18.9 Å². The lowest BCUT2D eigenvalue weighted by atomic mass is 10.1. The average molecular weight is 605 g/mol. The molecule has 0 rings (SSSR count). The molecule has 0 aliphatic rings. The van der Waals surface area contributed by atoms with Crippen molar-refractivity contribution in [2.24, 2.45) is 0 Å². The predicted molar refractivity (Wildman–Crippen MR) is 159 cm³/mol. The highest BCUT2D eigenvalue weighted by Crippen LogP contribution is 2.44. The molecule has 39 heavy (non-hydrogen) atoms. The van der Waals surface area contributed by atoms with Crippen molar-refractivity contribution in [1.82, 2.24) is 0 Å². The Morgan fingerprint density at radius 2 is 0.846 bits per heavy atom. The van der Waals surface area contributed by atoms with Gasteiger partial charge in [0, 0.05) is 0 Å². The Bertz CT molecular complexity index is 689. The largest absolute Gasteiger partial charge is 0.472 e. The van der Waals surface area contributed by atoms with Gasteiger partial charge in [0.05, 0.1) is 55.0 Å². The van der Waals surface area contributed by atoms with Crippen LogP contribution in [0.4, 0.5) is 0 Å². The Morgan fingerprint density at radius 3 is 1.28 bits per heavy atom. The zero-order valence-electron chi connectivity index (χ0n) is 26.0. The fraction of sp³-hybridized carbons (Fsp3) is 1.00. The number of likely N-dealkylation sites (N-methyl/N-ethyl adjacent to an activating group) is 2. The fourth-order valence-corrected chi connectivity index (χ4v) is 5.46. The average Bonchev–Trinajstić information content (AvgIpc) is 2.80. The highest BCUT2D eigenvalue weighted by Gasteiger charge is 2.24. The standard InChI is InChI=1S/C27H60N2O8P2/c1-7-8-9-10-13-16-19-25-35-39(32,33)37-27-23-29(5,6)21-18-15-12-11-14-17-20-24-34-38(30,31)36-26-22-28(2,3)4/h7-27H2,1-6H3/p+2. The van der Waals surface area contributed by atoms with Gasteiger partial charge in [-0.1, -0.05) is 71.1 Å². The summed E-state index contributed by atoms with van der Waals surface area (Å²) in [6, 6.07) is 0. The van der Waals surface area contributed by atoms with Gasteiger partial charge in [-0.05, 0) is 25.7 Å². The van der Waals surface area contributed by atoms with Crippen molar-refractivity contribution in [2.75, 3.05) is 81.3 Å². The molecule has 0 bridgehead atoms. The van der Waals surface area contributed by atoms with Crippen molar-refractivity contribution in [3.8, 4) is 0 Å². The summed E-state index contributed by atoms with van der Waals surface area (Å²) in [5.41, 5.74) is 0. The number of phosphoric ester groups is 2. The van der Waals surface area contributed by atoms with Gasteiger partial charge in [-0.15, -0.1) is 0 Å². The lowest BCUT2D eigenvalue weighted by Gasteiger charge is -2.30. The first-order valence-corrected chi connectivity index (χ1v) is 18.0. The Morgan fingerprint density at radius 1 is 0.487 bits per heavy atom. The highest BCUT2D eigenvalue weighted by atomic mass is 31.2. The van der Waals surface area contributed by atoms with E-state index in [0.29, 0.717) is 17.6 Å². The Hall–Kier alpha value is 0.140. The van der Waals surface area contributed by atoms with E-state index in [1.165, 1.54) is 25.7 Å². The maximum atomic E-state index is 12.1. The quantitative estimate of drug-likeness (QED) is 0.0590. The third-order valence-corrected chi connectivity index (χ3v) is 8.67. The SMILES string of the molecule is CCCCCCCCCOP(=O)(O)OCC[N+](C)(C)CCCCCCCCCOP(=O)(O)OCC[N+](C)(C)C. The molecular weight excluding hydrogens is 542 g/mol. The monoisotopic (exact) mass is 604 g/mol. The molecule has 0 fully saturated rings. The predicted octanol–water partition coefficient (Wildman–Crippen LogP) is 6.52. The van der Waals surface area contributed by atoms with E-state index in [4.69, 9.17) is 18.1 Å². The molecule has 2 atom stereocenters. The molecule has 10 nitrogen and oxygen atoms in total. The van der Waals surface area contributed by atoms with Crippen LogP contribution >= 0.6 is 15.6 Å². The zero-order chi connectivity index (χ0) is 29.7. The summed E-state index contributed by atoms with van der Waals surface area (Å²) in [5, 5.41) is 0. The van der Waals surface area contributed by atoms with Crippen LogP contribution < -0.4 is 0 Å². The molecule has 2 N–H and O–H groups in total. The van der Waals surface area contributed by atoms with Crippen LogP contribution in [0.1, 0.15) is 96.8 Å². The molecule has 0 saturated carbocycles. The molecule has 12 heteroatoms. The minimum atomic E-state index is -3.97. The summed E-state index contributed by atoms with van der Waals surface area (Å²) in [5.74, 6) is 0. The van der Waals surface area contributed by atoms with Crippen LogP contribution in [0.5, 0.6) is 0 Å². The van der Waals surface area contributed by atoms with E-state index < -0.39 is 15.6 Å². The van der Waals surface area contributed by atoms with Crippen LogP contribution in [0.3, 0.4) is 0 Å². The van der Waals surface area contributed by atoms with Crippen LogP contribution in [0.15, 0.2) is 0 Å². The van der Waals surface area contributed by atoms with E-state index in [1.807, 2.05) is 21.1 Å². The molecule has 0 saturated heterocycles. The molecule has 236 valence electrons. The van der Waals surface area contributed by atoms with Crippen molar-refractivity contribution < 1.29 is 46.0 Å². The number of quaternary nitrogens is 2. The van der Waals surface area contributed by atoms with Gasteiger partial charge in [0.15, 0.2) is 0 Å². The number of unbranched alkanes of at least 4 members (excludes halogenated alkanes) is 12. The third kappa shape index (κ3) is 28.1. The summed E-state index contributed by atoms with van der Waals surface area (Å²) < 4.78 is 45.7. The van der Waals surface area contributed by atoms with Gasteiger partial charge in [0.2, 0.25) is 0 Å². The maximum absolute atomic E-state index is 12.1. The van der Waals surface area contributed by atoms with E-state index in [2.05, 4.69) is 21.0 Å². The van der Waals surface area contributed by atoms with Gasteiger partial charge in [0.25, 0.3) is 0 Å². The first-order chi connectivity index (χ1) is 18.2. The highest BCUT2D eigenvalue weighted by molar-refractivity contribution is 7.47. The summed E-state index contributed by atoms with van der Waals surface area (Å²) in [6.07, 6.45) is 15.2. The van der Waals surface area contributed by atoms with Gasteiger partial charge in [-0.2, -0.15) is 0 Å². The van der Waals surface area contributed by atoms with Gasteiger partial charge in [-0.25, -0.2) is 9.13 Å². The van der Waals surface area contributed by atoms with Gasteiger partial charge in [0.1, 0.15) is 26.3 Å². The molecule has 0 radical (unpaired) electrons. The van der Waals surface area contributed by atoms with E-state index in [1.54, 1.807) is 0 Å². The first-order valence-electron chi connectivity index (χ1n) is 15.0. The zero-order valence-corrected chi connectivity index (χ0v) is 27.8. The van der Waals surface area contributed by atoms with Gasteiger partial charge in [-0.3, -0.25) is 18.1 Å². The molecule has 0 aliphatic heterocycles. The molecule has 0 spiro atoms. The van der Waals surface area contributed by atoms with Crippen LogP contribution in [0.25, 0.3) is 0 Å². The van der Waals surface area contributed by atoms with Crippen molar-refractivity contribution in [1.29, 1.82) is 0 Å².